The molecule has 4 rings (SSSR count). The third-order valence-electron chi connectivity index (χ3n) is 6.22. The van der Waals surface area contributed by atoms with Gasteiger partial charge in [-0.2, -0.15) is 0 Å². The molecule has 1 aliphatic rings. The fourth-order valence-corrected chi connectivity index (χ4v) is 4.12. The van der Waals surface area contributed by atoms with Crippen LogP contribution in [0.3, 0.4) is 0 Å². The van der Waals surface area contributed by atoms with Crippen molar-refractivity contribution in [3.63, 3.8) is 0 Å². The van der Waals surface area contributed by atoms with E-state index in [2.05, 4.69) is 0 Å². The van der Waals surface area contributed by atoms with Gasteiger partial charge in [-0.05, 0) is 38.5 Å². The maximum atomic E-state index is 13.7. The maximum Gasteiger partial charge on any atom is 0.239 e. The fraction of sp³-hybridized carbons (Fsp3) is 0.346. The lowest BCUT2D eigenvalue weighted by molar-refractivity contribution is -0.277. The molecule has 0 bridgehead atoms. The van der Waals surface area contributed by atoms with E-state index in [4.69, 9.17) is 13.9 Å². The lowest BCUT2D eigenvalue weighted by Gasteiger charge is -2.39. The molecule has 38 heavy (non-hydrogen) atoms. The Labute approximate surface area is 215 Å². The van der Waals surface area contributed by atoms with E-state index in [-0.39, 0.29) is 40.0 Å². The zero-order valence-electron chi connectivity index (χ0n) is 20.4. The van der Waals surface area contributed by atoms with Crippen LogP contribution >= 0.6 is 0 Å². The quantitative estimate of drug-likeness (QED) is 0.165. The van der Waals surface area contributed by atoms with Crippen LogP contribution in [0.1, 0.15) is 19.4 Å². The molecule has 12 heteroatoms. The molecule has 1 fully saturated rings. The van der Waals surface area contributed by atoms with E-state index < -0.39 is 65.7 Å². The number of fused-ring (bicyclic) bond motifs is 1. The summed E-state index contributed by atoms with van der Waals surface area (Å²) in [6.07, 6.45) is -6.59. The number of rotatable bonds is 6. The summed E-state index contributed by atoms with van der Waals surface area (Å²) in [5.41, 5.74) is -0.0516. The van der Waals surface area contributed by atoms with Crippen LogP contribution in [-0.2, 0) is 11.2 Å². The predicted octanol–water partition coefficient (Wildman–Crippen LogP) is 0.970. The Hall–Kier alpha value is -3.81. The minimum atomic E-state index is -1.87. The van der Waals surface area contributed by atoms with Crippen LogP contribution in [0, 0.1) is 0 Å². The summed E-state index contributed by atoms with van der Waals surface area (Å²) < 4.78 is 17.0. The predicted molar refractivity (Wildman–Crippen MR) is 132 cm³/mol. The Morgan fingerprint density at radius 2 is 1.66 bits per heavy atom. The highest BCUT2D eigenvalue weighted by Gasteiger charge is 2.45. The highest BCUT2D eigenvalue weighted by atomic mass is 16.7. The number of phenols is 4. The van der Waals surface area contributed by atoms with Crippen LogP contribution in [0.25, 0.3) is 22.3 Å². The van der Waals surface area contributed by atoms with E-state index >= 15 is 0 Å². The minimum Gasteiger partial charge on any atom is -0.507 e. The zero-order chi connectivity index (χ0) is 27.9. The normalized spacial score (nSPS) is 23.4. The summed E-state index contributed by atoms with van der Waals surface area (Å²) in [4.78, 5) is 13.7. The van der Waals surface area contributed by atoms with Crippen LogP contribution in [0.15, 0.2) is 45.1 Å². The van der Waals surface area contributed by atoms with Gasteiger partial charge in [-0.1, -0.05) is 11.6 Å². The van der Waals surface area contributed by atoms with E-state index in [0.29, 0.717) is 0 Å². The molecule has 2 aromatic carbocycles. The van der Waals surface area contributed by atoms with Crippen molar-refractivity contribution in [2.75, 3.05) is 6.61 Å². The van der Waals surface area contributed by atoms with Crippen LogP contribution in [-0.4, -0.2) is 78.2 Å². The van der Waals surface area contributed by atoms with E-state index in [1.807, 2.05) is 13.8 Å². The number of ether oxygens (including phenoxy) is 2. The van der Waals surface area contributed by atoms with Gasteiger partial charge in [0.05, 0.1) is 6.61 Å². The lowest BCUT2D eigenvalue weighted by atomic mass is 9.99. The van der Waals surface area contributed by atoms with Crippen LogP contribution in [0.5, 0.6) is 28.7 Å². The van der Waals surface area contributed by atoms with Gasteiger partial charge in [0.15, 0.2) is 17.3 Å². The second-order valence-electron chi connectivity index (χ2n) is 9.19. The largest absolute Gasteiger partial charge is 0.507 e. The molecule has 1 saturated heterocycles. The molecular weight excluding hydrogens is 504 g/mol. The molecule has 0 saturated carbocycles. The van der Waals surface area contributed by atoms with Crippen molar-refractivity contribution >= 4 is 11.0 Å². The topological polar surface area (TPSA) is 211 Å². The van der Waals surface area contributed by atoms with Crippen molar-refractivity contribution in [3.8, 4) is 40.1 Å². The van der Waals surface area contributed by atoms with Crippen molar-refractivity contribution in [1.82, 2.24) is 0 Å². The molecule has 0 aliphatic carbocycles. The summed E-state index contributed by atoms with van der Waals surface area (Å²) >= 11 is 0. The molecule has 0 radical (unpaired) electrons. The first-order valence-corrected chi connectivity index (χ1v) is 11.6. The highest BCUT2D eigenvalue weighted by molar-refractivity contribution is 5.91. The Morgan fingerprint density at radius 3 is 2.29 bits per heavy atom. The molecule has 5 atom stereocenters. The van der Waals surface area contributed by atoms with Crippen molar-refractivity contribution < 1.29 is 54.7 Å². The van der Waals surface area contributed by atoms with Gasteiger partial charge >= 0.3 is 0 Å². The number of allylic oxidation sites excluding steroid dienone is 2. The van der Waals surface area contributed by atoms with Crippen molar-refractivity contribution in [1.29, 1.82) is 0 Å². The molecule has 1 aromatic heterocycles. The number of phenolic OH excluding ortho intramolecular Hbond substituents is 4. The van der Waals surface area contributed by atoms with Gasteiger partial charge in [-0.3, -0.25) is 4.79 Å². The van der Waals surface area contributed by atoms with E-state index in [0.717, 1.165) is 23.8 Å². The molecule has 0 spiro atoms. The van der Waals surface area contributed by atoms with Gasteiger partial charge < -0.3 is 54.7 Å². The third-order valence-corrected chi connectivity index (χ3v) is 6.22. The second kappa shape index (κ2) is 10.5. The summed E-state index contributed by atoms with van der Waals surface area (Å²) in [5.74, 6) is -2.97. The van der Waals surface area contributed by atoms with E-state index in [9.17, 15) is 45.6 Å². The smallest absolute Gasteiger partial charge is 0.239 e. The standard InChI is InChI=1S/C26H28O12/c1-10(2)3-5-12-14(29)8-16(31)18-20(33)25(38-26-22(35)21(34)19(32)17(9-27)36-26)23(37-24(12)18)11-4-6-13(28)15(30)7-11/h3-4,6-8,17,19,21-22,26-32,34-35H,5,9H2,1-2H3/t17-,19-,21+,22-,26+/m1/s1. The Morgan fingerprint density at radius 1 is 0.947 bits per heavy atom. The summed E-state index contributed by atoms with van der Waals surface area (Å²) in [6, 6.07) is 4.45. The maximum absolute atomic E-state index is 13.7. The molecule has 204 valence electrons. The molecule has 12 nitrogen and oxygen atoms in total. The summed E-state index contributed by atoms with van der Waals surface area (Å²) in [6.45, 7) is 2.91. The fourth-order valence-electron chi connectivity index (χ4n) is 4.12. The number of benzene rings is 2. The van der Waals surface area contributed by atoms with Gasteiger partial charge in [0, 0.05) is 17.2 Å². The number of aliphatic hydroxyl groups is 4. The third kappa shape index (κ3) is 4.87. The number of aliphatic hydroxyl groups excluding tert-OH is 4. The SMILES string of the molecule is CC(C)=CCc1c(O)cc(O)c2c(=O)c(O[C@@H]3O[C@H](CO)[C@@H](O)[C@H](O)[C@H]3O)c(-c3ccc(O)c(O)c3)oc12. The van der Waals surface area contributed by atoms with Gasteiger partial charge in [0.25, 0.3) is 0 Å². The zero-order valence-corrected chi connectivity index (χ0v) is 20.4. The lowest BCUT2D eigenvalue weighted by Crippen LogP contribution is -2.60. The summed E-state index contributed by atoms with van der Waals surface area (Å²) in [7, 11) is 0. The van der Waals surface area contributed by atoms with Crippen molar-refractivity contribution in [3.05, 3.63) is 51.7 Å². The minimum absolute atomic E-state index is 0.0230. The number of hydrogen-bond donors (Lipinski definition) is 8. The second-order valence-corrected chi connectivity index (χ2v) is 9.19. The van der Waals surface area contributed by atoms with Gasteiger partial charge in [0.1, 0.15) is 46.9 Å². The first-order chi connectivity index (χ1) is 17.9. The average molecular weight is 532 g/mol. The summed E-state index contributed by atoms with van der Waals surface area (Å²) in [5, 5.41) is 80.7. The van der Waals surface area contributed by atoms with Crippen molar-refractivity contribution in [2.45, 2.75) is 51.0 Å². The first-order valence-electron chi connectivity index (χ1n) is 11.6. The molecule has 3 aromatic rings. The Kier molecular flexibility index (Phi) is 7.54. The first kappa shape index (κ1) is 27.2. The van der Waals surface area contributed by atoms with Crippen LogP contribution in [0.2, 0.25) is 0 Å². The monoisotopic (exact) mass is 532 g/mol. The Bertz CT molecular complexity index is 1440. The molecular formula is C26H28O12. The molecule has 8 N–H and O–H groups in total. The molecule has 2 heterocycles. The van der Waals surface area contributed by atoms with Gasteiger partial charge in [-0.15, -0.1) is 0 Å². The van der Waals surface area contributed by atoms with Gasteiger partial charge in [-0.25, -0.2) is 0 Å². The van der Waals surface area contributed by atoms with E-state index in [1.54, 1.807) is 6.08 Å². The number of aromatic hydroxyl groups is 4. The van der Waals surface area contributed by atoms with Gasteiger partial charge in [0.2, 0.25) is 17.5 Å². The highest BCUT2D eigenvalue weighted by Crippen LogP contribution is 2.41. The van der Waals surface area contributed by atoms with Crippen molar-refractivity contribution in [2.24, 2.45) is 0 Å². The molecule has 1 aliphatic heterocycles. The van der Waals surface area contributed by atoms with Crippen LogP contribution < -0.4 is 10.2 Å². The van der Waals surface area contributed by atoms with E-state index in [1.165, 1.54) is 6.07 Å². The Balaban J connectivity index is 1.98. The number of hydrogen-bond acceptors (Lipinski definition) is 12. The molecule has 0 unspecified atom stereocenters. The molecule has 0 amide bonds. The van der Waals surface area contributed by atoms with Crippen LogP contribution in [0.4, 0.5) is 0 Å². The average Bonchev–Trinajstić information content (AvgIpc) is 2.86.